The van der Waals surface area contributed by atoms with E-state index in [4.69, 9.17) is 17.3 Å². The summed E-state index contributed by atoms with van der Waals surface area (Å²) in [6.45, 7) is 2.01. The Balaban J connectivity index is 2.13. The van der Waals surface area contributed by atoms with Crippen LogP contribution in [-0.2, 0) is 10.8 Å². The maximum atomic E-state index is 12.3. The lowest BCUT2D eigenvalue weighted by Gasteiger charge is -2.14. The first-order valence-electron chi connectivity index (χ1n) is 6.03. The molecule has 0 fully saturated rings. The van der Waals surface area contributed by atoms with Crippen LogP contribution in [0.3, 0.4) is 0 Å². The summed E-state index contributed by atoms with van der Waals surface area (Å²) >= 11 is 5.90. The molecule has 2 nitrogen and oxygen atoms in total. The minimum atomic E-state index is -1.14. The van der Waals surface area contributed by atoms with Gasteiger partial charge in [-0.25, -0.2) is 0 Å². The smallest absolute Gasteiger partial charge is 0.0549 e. The van der Waals surface area contributed by atoms with Crippen LogP contribution in [0.2, 0.25) is 5.02 Å². The van der Waals surface area contributed by atoms with Gasteiger partial charge < -0.3 is 5.73 Å². The molecule has 0 aliphatic carbocycles. The zero-order valence-corrected chi connectivity index (χ0v) is 12.2. The lowest BCUT2D eigenvalue weighted by atomic mass is 10.0. The molecule has 0 spiro atoms. The normalized spacial score (nSPS) is 14.1. The van der Waals surface area contributed by atoms with Gasteiger partial charge in [-0.05, 0) is 36.2 Å². The van der Waals surface area contributed by atoms with Crippen molar-refractivity contribution in [2.75, 3.05) is 5.75 Å². The lowest BCUT2D eigenvalue weighted by molar-refractivity contribution is 0.675. The van der Waals surface area contributed by atoms with E-state index in [1.54, 1.807) is 18.2 Å². The highest BCUT2D eigenvalue weighted by Crippen LogP contribution is 2.20. The predicted molar refractivity (Wildman–Crippen MR) is 80.8 cm³/mol. The summed E-state index contributed by atoms with van der Waals surface area (Å²) in [5, 5.41) is 0.593. The fourth-order valence-electron chi connectivity index (χ4n) is 1.96. The second-order valence-electron chi connectivity index (χ2n) is 4.43. The molecule has 2 unspecified atom stereocenters. The third-order valence-corrected chi connectivity index (χ3v) is 4.65. The van der Waals surface area contributed by atoms with E-state index < -0.39 is 10.8 Å². The van der Waals surface area contributed by atoms with E-state index in [9.17, 15) is 4.21 Å². The van der Waals surface area contributed by atoms with Crippen molar-refractivity contribution in [2.45, 2.75) is 17.9 Å². The minimum Gasteiger partial charge on any atom is -0.323 e. The van der Waals surface area contributed by atoms with Gasteiger partial charge in [-0.2, -0.15) is 0 Å². The molecule has 0 amide bonds. The van der Waals surface area contributed by atoms with Gasteiger partial charge in [-0.1, -0.05) is 41.9 Å². The largest absolute Gasteiger partial charge is 0.323 e. The molecule has 0 bridgehead atoms. The molecule has 2 rings (SSSR count). The Morgan fingerprint density at radius 2 is 1.95 bits per heavy atom. The van der Waals surface area contributed by atoms with E-state index >= 15 is 0 Å². The summed E-state index contributed by atoms with van der Waals surface area (Å²) in [5.41, 5.74) is 8.31. The highest BCUT2D eigenvalue weighted by Gasteiger charge is 2.13. The van der Waals surface area contributed by atoms with E-state index in [1.165, 1.54) is 0 Å². The van der Waals surface area contributed by atoms with E-state index in [0.29, 0.717) is 10.8 Å². The van der Waals surface area contributed by atoms with E-state index in [1.807, 2.05) is 37.3 Å². The Labute approximate surface area is 121 Å². The van der Waals surface area contributed by atoms with Crippen molar-refractivity contribution < 1.29 is 4.21 Å². The summed E-state index contributed by atoms with van der Waals surface area (Å²) in [5.74, 6) is 0.394. The molecule has 2 atom stereocenters. The molecule has 0 aromatic heterocycles. The molecule has 2 N–H and O–H groups in total. The standard InChI is InChI=1S/C15H16ClNOS/c1-11-5-2-3-8-14(11)15(17)10-19(18)13-7-4-6-12(16)9-13/h2-9,15H,10,17H2,1H3. The van der Waals surface area contributed by atoms with E-state index in [-0.39, 0.29) is 6.04 Å². The topological polar surface area (TPSA) is 43.1 Å². The Morgan fingerprint density at radius 1 is 1.21 bits per heavy atom. The van der Waals surface area contributed by atoms with E-state index in [2.05, 4.69) is 0 Å². The predicted octanol–water partition coefficient (Wildman–Crippen LogP) is 3.46. The lowest BCUT2D eigenvalue weighted by Crippen LogP contribution is -2.19. The first-order chi connectivity index (χ1) is 9.08. The summed E-state index contributed by atoms with van der Waals surface area (Å²) in [6, 6.07) is 14.8. The van der Waals surface area contributed by atoms with Crippen LogP contribution in [-0.4, -0.2) is 9.96 Å². The second kappa shape index (κ2) is 6.33. The number of rotatable bonds is 4. The number of benzene rings is 2. The van der Waals surface area contributed by atoms with Crippen molar-refractivity contribution in [2.24, 2.45) is 5.73 Å². The quantitative estimate of drug-likeness (QED) is 0.938. The van der Waals surface area contributed by atoms with Gasteiger partial charge in [-0.3, -0.25) is 4.21 Å². The van der Waals surface area contributed by atoms with Crippen LogP contribution in [0, 0.1) is 6.92 Å². The van der Waals surface area contributed by atoms with Gasteiger partial charge in [0, 0.05) is 21.7 Å². The van der Waals surface area contributed by atoms with Crippen LogP contribution in [0.25, 0.3) is 0 Å². The number of hydrogen-bond donors (Lipinski definition) is 1. The average molecular weight is 294 g/mol. The average Bonchev–Trinajstić information content (AvgIpc) is 2.39. The molecular weight excluding hydrogens is 278 g/mol. The highest BCUT2D eigenvalue weighted by atomic mass is 35.5. The third-order valence-electron chi connectivity index (χ3n) is 2.98. The molecule has 4 heteroatoms. The van der Waals surface area contributed by atoms with Gasteiger partial charge >= 0.3 is 0 Å². The van der Waals surface area contributed by atoms with Gasteiger partial charge in [0.15, 0.2) is 0 Å². The van der Waals surface area contributed by atoms with Crippen LogP contribution < -0.4 is 5.73 Å². The van der Waals surface area contributed by atoms with Gasteiger partial charge in [0.25, 0.3) is 0 Å². The Bertz CT molecular complexity index is 600. The highest BCUT2D eigenvalue weighted by molar-refractivity contribution is 7.85. The summed E-state index contributed by atoms with van der Waals surface area (Å²) in [6.07, 6.45) is 0. The van der Waals surface area contributed by atoms with Crippen molar-refractivity contribution in [3.63, 3.8) is 0 Å². The number of halogens is 1. The van der Waals surface area contributed by atoms with Crippen LogP contribution in [0.15, 0.2) is 53.4 Å². The Kier molecular flexibility index (Phi) is 4.75. The van der Waals surface area contributed by atoms with Crippen LogP contribution >= 0.6 is 11.6 Å². The van der Waals surface area contributed by atoms with Gasteiger partial charge in [0.05, 0.1) is 10.8 Å². The Hall–Kier alpha value is -1.16. The minimum absolute atomic E-state index is 0.235. The van der Waals surface area contributed by atoms with Crippen molar-refractivity contribution in [3.8, 4) is 0 Å². The van der Waals surface area contributed by atoms with Crippen molar-refractivity contribution >= 4 is 22.4 Å². The van der Waals surface area contributed by atoms with E-state index in [0.717, 1.165) is 16.0 Å². The zero-order chi connectivity index (χ0) is 13.8. The van der Waals surface area contributed by atoms with Crippen molar-refractivity contribution in [1.29, 1.82) is 0 Å². The van der Waals surface area contributed by atoms with Crippen LogP contribution in [0.4, 0.5) is 0 Å². The molecule has 0 aliphatic rings. The maximum Gasteiger partial charge on any atom is 0.0549 e. The second-order valence-corrected chi connectivity index (χ2v) is 6.36. The molecule has 0 saturated carbocycles. The molecule has 2 aromatic rings. The molecule has 19 heavy (non-hydrogen) atoms. The molecule has 0 saturated heterocycles. The van der Waals surface area contributed by atoms with Crippen molar-refractivity contribution in [3.05, 3.63) is 64.7 Å². The molecule has 2 aromatic carbocycles. The van der Waals surface area contributed by atoms with Crippen molar-refractivity contribution in [1.82, 2.24) is 0 Å². The first-order valence-corrected chi connectivity index (χ1v) is 7.72. The fourth-order valence-corrected chi connectivity index (χ4v) is 3.40. The molecule has 100 valence electrons. The summed E-state index contributed by atoms with van der Waals surface area (Å²) in [7, 11) is -1.14. The van der Waals surface area contributed by atoms with Gasteiger partial charge in [0.2, 0.25) is 0 Å². The monoisotopic (exact) mass is 293 g/mol. The van der Waals surface area contributed by atoms with Crippen LogP contribution in [0.1, 0.15) is 17.2 Å². The zero-order valence-electron chi connectivity index (χ0n) is 10.7. The SMILES string of the molecule is Cc1ccccc1C(N)CS(=O)c1cccc(Cl)c1. The molecule has 0 heterocycles. The third kappa shape index (κ3) is 3.66. The Morgan fingerprint density at radius 3 is 2.63 bits per heavy atom. The molecule has 0 radical (unpaired) electrons. The van der Waals surface area contributed by atoms with Gasteiger partial charge in [0.1, 0.15) is 0 Å². The summed E-state index contributed by atoms with van der Waals surface area (Å²) < 4.78 is 12.3. The fraction of sp³-hybridized carbons (Fsp3) is 0.200. The molecular formula is C15H16ClNOS. The summed E-state index contributed by atoms with van der Waals surface area (Å²) in [4.78, 5) is 0.719. The number of nitrogens with two attached hydrogens (primary N) is 1. The van der Waals surface area contributed by atoms with Crippen LogP contribution in [0.5, 0.6) is 0 Å². The first kappa shape index (κ1) is 14.3. The number of aryl methyl sites for hydroxylation is 1. The maximum absolute atomic E-state index is 12.3. The number of hydrogen-bond acceptors (Lipinski definition) is 2. The van der Waals surface area contributed by atoms with Gasteiger partial charge in [-0.15, -0.1) is 0 Å². The molecule has 0 aliphatic heterocycles.